The number of hydrogen-bond acceptors (Lipinski definition) is 3. The first-order valence-corrected chi connectivity index (χ1v) is 11.7. The number of rotatable bonds is 6. The summed E-state index contributed by atoms with van der Waals surface area (Å²) in [6.07, 6.45) is 8.94. The van der Waals surface area contributed by atoms with E-state index < -0.39 is 0 Å². The number of nitrogens with zero attached hydrogens (tertiary/aromatic N) is 2. The number of carbonyl (C=O) groups is 2. The number of carbonyl (C=O) groups excluding carboxylic acids is 2. The lowest BCUT2D eigenvalue weighted by Gasteiger charge is -2.41. The van der Waals surface area contributed by atoms with Crippen LogP contribution in [0.3, 0.4) is 0 Å². The van der Waals surface area contributed by atoms with E-state index in [0.29, 0.717) is 18.4 Å². The van der Waals surface area contributed by atoms with Gasteiger partial charge in [-0.1, -0.05) is 37.8 Å². The molecule has 4 rings (SSSR count). The molecule has 1 N–H and O–H groups in total. The molecule has 2 amide bonds. The highest BCUT2D eigenvalue weighted by molar-refractivity contribution is 5.82. The van der Waals surface area contributed by atoms with Gasteiger partial charge in [-0.25, -0.2) is 4.39 Å². The highest BCUT2D eigenvalue weighted by Gasteiger charge is 2.38. The lowest BCUT2D eigenvalue weighted by Crippen LogP contribution is -2.58. The average molecular weight is 416 g/mol. The van der Waals surface area contributed by atoms with Crippen LogP contribution in [0.2, 0.25) is 0 Å². The molecule has 1 saturated heterocycles. The number of halogens is 1. The summed E-state index contributed by atoms with van der Waals surface area (Å²) in [5.74, 6) is 0.672. The van der Waals surface area contributed by atoms with Crippen LogP contribution in [0.5, 0.6) is 0 Å². The van der Waals surface area contributed by atoms with Crippen molar-refractivity contribution in [2.24, 2.45) is 11.8 Å². The second-order valence-electron chi connectivity index (χ2n) is 9.18. The molecule has 3 aliphatic rings. The maximum absolute atomic E-state index is 13.4. The molecular weight excluding hydrogens is 381 g/mol. The van der Waals surface area contributed by atoms with Crippen LogP contribution >= 0.6 is 0 Å². The van der Waals surface area contributed by atoms with Crippen molar-refractivity contribution in [3.63, 3.8) is 0 Å². The zero-order valence-corrected chi connectivity index (χ0v) is 17.8. The fourth-order valence-electron chi connectivity index (χ4n) is 5.54. The molecule has 6 heteroatoms. The predicted molar refractivity (Wildman–Crippen MR) is 114 cm³/mol. The number of amides is 2. The second-order valence-corrected chi connectivity index (χ2v) is 9.18. The van der Waals surface area contributed by atoms with E-state index in [0.717, 1.165) is 57.4 Å². The molecule has 0 aromatic heterocycles. The van der Waals surface area contributed by atoms with Gasteiger partial charge in [0.25, 0.3) is 0 Å². The number of hydrogen-bond donors (Lipinski definition) is 1. The summed E-state index contributed by atoms with van der Waals surface area (Å²) in [7, 11) is 0. The van der Waals surface area contributed by atoms with Crippen LogP contribution in [0.25, 0.3) is 0 Å². The van der Waals surface area contributed by atoms with Crippen molar-refractivity contribution in [3.8, 4) is 0 Å². The van der Waals surface area contributed by atoms with Crippen LogP contribution < -0.4 is 5.32 Å². The molecule has 164 valence electrons. The van der Waals surface area contributed by atoms with Gasteiger partial charge in [0.1, 0.15) is 5.82 Å². The molecule has 0 unspecified atom stereocenters. The molecule has 1 atom stereocenters. The minimum atomic E-state index is -0.280. The Bertz CT molecular complexity index is 736. The van der Waals surface area contributed by atoms with Gasteiger partial charge in [0.2, 0.25) is 11.8 Å². The van der Waals surface area contributed by atoms with E-state index >= 15 is 0 Å². The lowest BCUT2D eigenvalue weighted by atomic mass is 9.94. The van der Waals surface area contributed by atoms with E-state index in [1.54, 1.807) is 6.07 Å². The first kappa shape index (κ1) is 21.3. The Morgan fingerprint density at radius 3 is 2.33 bits per heavy atom. The minimum Gasteiger partial charge on any atom is -0.351 e. The maximum Gasteiger partial charge on any atom is 0.237 e. The van der Waals surface area contributed by atoms with E-state index in [-0.39, 0.29) is 23.7 Å². The van der Waals surface area contributed by atoms with Crippen molar-refractivity contribution < 1.29 is 14.0 Å². The van der Waals surface area contributed by atoms with Crippen LogP contribution in [0, 0.1) is 17.7 Å². The number of piperazine rings is 1. The van der Waals surface area contributed by atoms with Gasteiger partial charge in [0.05, 0.1) is 6.04 Å². The molecule has 0 spiro atoms. The van der Waals surface area contributed by atoms with E-state index in [1.165, 1.54) is 37.8 Å². The zero-order valence-electron chi connectivity index (χ0n) is 17.8. The van der Waals surface area contributed by atoms with Crippen molar-refractivity contribution >= 4 is 11.8 Å². The van der Waals surface area contributed by atoms with Gasteiger partial charge >= 0.3 is 0 Å². The van der Waals surface area contributed by atoms with Crippen molar-refractivity contribution in [1.82, 2.24) is 15.1 Å². The van der Waals surface area contributed by atoms with Crippen molar-refractivity contribution in [1.29, 1.82) is 0 Å². The Hall–Kier alpha value is -1.95. The van der Waals surface area contributed by atoms with Gasteiger partial charge in [-0.15, -0.1) is 0 Å². The lowest BCUT2D eigenvalue weighted by molar-refractivity contribution is -0.138. The fourth-order valence-corrected chi connectivity index (χ4v) is 5.54. The highest BCUT2D eigenvalue weighted by atomic mass is 19.1. The Morgan fingerprint density at radius 2 is 1.67 bits per heavy atom. The first-order valence-electron chi connectivity index (χ1n) is 11.7. The third kappa shape index (κ3) is 5.02. The second kappa shape index (κ2) is 9.90. The first-order chi connectivity index (χ1) is 14.6. The standard InChI is InChI=1S/C24H34FN3O2/c25-21-11-5-6-18(16-21)17-26-23(29)22(19-7-1-2-8-19)27-12-14-28(15-13-27)24(30)20-9-3-4-10-20/h5-6,11,16,19-20,22H,1-4,7-10,12-15,17H2,(H,26,29)/t22-/m0/s1. The molecule has 1 aliphatic heterocycles. The normalized spacial score (nSPS) is 22.4. The molecular formula is C24H34FN3O2. The van der Waals surface area contributed by atoms with Gasteiger partial charge in [-0.3, -0.25) is 14.5 Å². The van der Waals surface area contributed by atoms with Gasteiger partial charge in [-0.05, 0) is 49.3 Å². The molecule has 0 bridgehead atoms. The van der Waals surface area contributed by atoms with E-state index in [4.69, 9.17) is 0 Å². The summed E-state index contributed by atoms with van der Waals surface area (Å²) in [6.45, 7) is 3.30. The smallest absolute Gasteiger partial charge is 0.237 e. The minimum absolute atomic E-state index is 0.0433. The number of nitrogens with one attached hydrogen (secondary N) is 1. The Kier molecular flexibility index (Phi) is 7.03. The monoisotopic (exact) mass is 415 g/mol. The Morgan fingerprint density at radius 1 is 1.00 bits per heavy atom. The van der Waals surface area contributed by atoms with Crippen molar-refractivity contribution in [2.75, 3.05) is 26.2 Å². The van der Waals surface area contributed by atoms with E-state index in [2.05, 4.69) is 10.2 Å². The summed E-state index contributed by atoms with van der Waals surface area (Å²) in [4.78, 5) is 30.2. The van der Waals surface area contributed by atoms with Crippen molar-refractivity contribution in [2.45, 2.75) is 64.0 Å². The summed E-state index contributed by atoms with van der Waals surface area (Å²) >= 11 is 0. The van der Waals surface area contributed by atoms with Crippen LogP contribution in [-0.2, 0) is 16.1 Å². The average Bonchev–Trinajstić information content (AvgIpc) is 3.47. The Balaban J connectivity index is 1.36. The zero-order chi connectivity index (χ0) is 20.9. The van der Waals surface area contributed by atoms with E-state index in [9.17, 15) is 14.0 Å². The Labute approximate surface area is 179 Å². The molecule has 1 aromatic carbocycles. The third-order valence-electron chi connectivity index (χ3n) is 7.19. The molecule has 1 heterocycles. The molecule has 30 heavy (non-hydrogen) atoms. The predicted octanol–water partition coefficient (Wildman–Crippen LogP) is 3.34. The SMILES string of the molecule is O=C(NCc1cccc(F)c1)[C@H](C1CCCC1)N1CCN(C(=O)C2CCCC2)CC1. The summed E-state index contributed by atoms with van der Waals surface area (Å²) in [6, 6.07) is 6.24. The van der Waals surface area contributed by atoms with E-state index in [1.807, 2.05) is 11.0 Å². The summed E-state index contributed by atoms with van der Waals surface area (Å²) < 4.78 is 13.4. The topological polar surface area (TPSA) is 52.7 Å². The molecule has 5 nitrogen and oxygen atoms in total. The van der Waals surface area contributed by atoms with Crippen molar-refractivity contribution in [3.05, 3.63) is 35.6 Å². The largest absolute Gasteiger partial charge is 0.351 e. The summed E-state index contributed by atoms with van der Waals surface area (Å²) in [5, 5.41) is 3.05. The fraction of sp³-hybridized carbons (Fsp3) is 0.667. The molecule has 2 aliphatic carbocycles. The van der Waals surface area contributed by atoms with Gasteiger partial charge in [0, 0.05) is 38.6 Å². The van der Waals surface area contributed by atoms with Crippen LogP contribution in [0.15, 0.2) is 24.3 Å². The van der Waals surface area contributed by atoms with Crippen LogP contribution in [-0.4, -0.2) is 53.8 Å². The highest BCUT2D eigenvalue weighted by Crippen LogP contribution is 2.32. The molecule has 3 fully saturated rings. The van der Waals surface area contributed by atoms with Gasteiger partial charge in [-0.2, -0.15) is 0 Å². The molecule has 1 aromatic rings. The van der Waals surface area contributed by atoms with Crippen LogP contribution in [0.4, 0.5) is 4.39 Å². The molecule has 2 saturated carbocycles. The molecule has 0 radical (unpaired) electrons. The van der Waals surface area contributed by atoms with Gasteiger partial charge < -0.3 is 10.2 Å². The maximum atomic E-state index is 13.4. The third-order valence-corrected chi connectivity index (χ3v) is 7.19. The number of benzene rings is 1. The van der Waals surface area contributed by atoms with Crippen LogP contribution in [0.1, 0.15) is 56.9 Å². The van der Waals surface area contributed by atoms with Gasteiger partial charge in [0.15, 0.2) is 0 Å². The summed E-state index contributed by atoms with van der Waals surface area (Å²) in [5.41, 5.74) is 0.778. The quantitative estimate of drug-likeness (QED) is 0.775.